The van der Waals surface area contributed by atoms with Crippen LogP contribution in [0.1, 0.15) is 45.3 Å². The smallest absolute Gasteiger partial charge is 0.257 e. The van der Waals surface area contributed by atoms with E-state index in [1.165, 1.54) is 0 Å². The van der Waals surface area contributed by atoms with Crippen LogP contribution in [0.2, 0.25) is 0 Å². The molecule has 2 aromatic carbocycles. The van der Waals surface area contributed by atoms with Gasteiger partial charge >= 0.3 is 0 Å². The number of hydrogen-bond donors (Lipinski definition) is 0. The first-order chi connectivity index (χ1) is 14.0. The van der Waals surface area contributed by atoms with Gasteiger partial charge in [0.05, 0.1) is 34.1 Å². The molecule has 0 aliphatic carbocycles. The monoisotopic (exact) mass is 404 g/mol. The quantitative estimate of drug-likeness (QED) is 0.471. The van der Waals surface area contributed by atoms with E-state index in [0.717, 1.165) is 32.2 Å². The Morgan fingerprint density at radius 2 is 1.79 bits per heavy atom. The summed E-state index contributed by atoms with van der Waals surface area (Å²) in [6, 6.07) is 18.1. The van der Waals surface area contributed by atoms with E-state index in [2.05, 4.69) is 23.3 Å². The number of benzene rings is 2. The molecule has 0 aliphatic heterocycles. The first kappa shape index (κ1) is 19.3. The molecular weight excluding hydrogens is 380 g/mol. The fourth-order valence-electron chi connectivity index (χ4n) is 3.50. The van der Waals surface area contributed by atoms with Crippen LogP contribution in [-0.2, 0) is 6.54 Å². The Morgan fingerprint density at radius 3 is 2.52 bits per heavy atom. The van der Waals surface area contributed by atoms with Gasteiger partial charge in [0, 0.05) is 12.7 Å². The van der Waals surface area contributed by atoms with Gasteiger partial charge in [0.1, 0.15) is 5.01 Å². The molecular formula is C23H24N4OS. The Morgan fingerprint density at radius 1 is 1.10 bits per heavy atom. The van der Waals surface area contributed by atoms with Crippen molar-refractivity contribution in [1.29, 1.82) is 0 Å². The minimum Gasteiger partial charge on any atom is -0.332 e. The van der Waals surface area contributed by atoms with Gasteiger partial charge in [-0.3, -0.25) is 9.48 Å². The van der Waals surface area contributed by atoms with Crippen molar-refractivity contribution in [2.45, 2.75) is 33.4 Å². The molecule has 0 unspecified atom stereocenters. The minimum absolute atomic E-state index is 0.0222. The van der Waals surface area contributed by atoms with Gasteiger partial charge in [-0.25, -0.2) is 4.98 Å². The summed E-state index contributed by atoms with van der Waals surface area (Å²) in [5.74, 6) is -0.0222. The van der Waals surface area contributed by atoms with Crippen molar-refractivity contribution in [2.24, 2.45) is 0 Å². The molecule has 0 bridgehead atoms. The largest absolute Gasteiger partial charge is 0.332 e. The summed E-state index contributed by atoms with van der Waals surface area (Å²) in [7, 11) is 1.84. The summed E-state index contributed by atoms with van der Waals surface area (Å²) in [6.45, 7) is 6.54. The number of hydrogen-bond acceptors (Lipinski definition) is 4. The Labute approximate surface area is 174 Å². The Hall–Kier alpha value is -2.99. The highest BCUT2D eigenvalue weighted by molar-refractivity contribution is 7.18. The van der Waals surface area contributed by atoms with Crippen molar-refractivity contribution < 1.29 is 4.79 Å². The summed E-state index contributed by atoms with van der Waals surface area (Å²) in [6.07, 6.45) is 0. The van der Waals surface area contributed by atoms with Crippen LogP contribution in [0, 0.1) is 13.8 Å². The van der Waals surface area contributed by atoms with Crippen molar-refractivity contribution in [2.75, 3.05) is 7.05 Å². The molecule has 1 atom stereocenters. The number of aryl methyl sites for hydroxylation is 1. The molecule has 4 aromatic rings. The van der Waals surface area contributed by atoms with Crippen LogP contribution in [0.4, 0.5) is 0 Å². The number of fused-ring (bicyclic) bond motifs is 1. The third-order valence-electron chi connectivity index (χ3n) is 5.34. The second kappa shape index (κ2) is 7.79. The molecule has 0 N–H and O–H groups in total. The van der Waals surface area contributed by atoms with Crippen LogP contribution in [-0.4, -0.2) is 32.6 Å². The number of nitrogens with zero attached hydrogens (tertiary/aromatic N) is 4. The predicted molar refractivity (Wildman–Crippen MR) is 117 cm³/mol. The molecule has 5 nitrogen and oxygen atoms in total. The van der Waals surface area contributed by atoms with Gasteiger partial charge < -0.3 is 4.90 Å². The van der Waals surface area contributed by atoms with Crippen molar-refractivity contribution in [1.82, 2.24) is 19.7 Å². The van der Waals surface area contributed by atoms with E-state index in [4.69, 9.17) is 4.98 Å². The number of carbonyl (C=O) groups is 1. The fourth-order valence-corrected chi connectivity index (χ4v) is 4.57. The third kappa shape index (κ3) is 3.68. The van der Waals surface area contributed by atoms with Crippen LogP contribution in [0.5, 0.6) is 0 Å². The van der Waals surface area contributed by atoms with Crippen LogP contribution >= 0.6 is 11.3 Å². The molecule has 0 aliphatic rings. The summed E-state index contributed by atoms with van der Waals surface area (Å²) in [4.78, 5) is 19.8. The Kier molecular flexibility index (Phi) is 5.20. The van der Waals surface area contributed by atoms with Crippen LogP contribution in [0.3, 0.4) is 0 Å². The maximum absolute atomic E-state index is 13.3. The molecule has 1 amide bonds. The molecule has 2 aromatic heterocycles. The molecule has 29 heavy (non-hydrogen) atoms. The number of thiazole rings is 1. The molecule has 0 radical (unpaired) electrons. The fraction of sp³-hybridized carbons (Fsp3) is 0.261. The highest BCUT2D eigenvalue weighted by Crippen LogP contribution is 2.30. The summed E-state index contributed by atoms with van der Waals surface area (Å²) in [5, 5.41) is 5.57. The lowest BCUT2D eigenvalue weighted by molar-refractivity contribution is 0.0741. The summed E-state index contributed by atoms with van der Waals surface area (Å²) >= 11 is 1.64. The second-order valence-electron chi connectivity index (χ2n) is 7.30. The van der Waals surface area contributed by atoms with Crippen LogP contribution in [0.25, 0.3) is 10.2 Å². The van der Waals surface area contributed by atoms with Gasteiger partial charge in [-0.05, 0) is 38.5 Å². The maximum Gasteiger partial charge on any atom is 0.257 e. The van der Waals surface area contributed by atoms with Crippen molar-refractivity contribution >= 4 is 27.5 Å². The third-order valence-corrected chi connectivity index (χ3v) is 6.55. The minimum atomic E-state index is -0.115. The van der Waals surface area contributed by atoms with Gasteiger partial charge in [-0.2, -0.15) is 5.10 Å². The van der Waals surface area contributed by atoms with E-state index < -0.39 is 0 Å². The van der Waals surface area contributed by atoms with E-state index in [1.54, 1.807) is 16.2 Å². The highest BCUT2D eigenvalue weighted by atomic mass is 32.1. The van der Waals surface area contributed by atoms with Gasteiger partial charge in [-0.15, -0.1) is 11.3 Å². The van der Waals surface area contributed by atoms with Crippen LogP contribution in [0.15, 0.2) is 54.6 Å². The van der Waals surface area contributed by atoms with Crippen molar-refractivity contribution in [3.63, 3.8) is 0 Å². The average molecular weight is 405 g/mol. The molecule has 0 spiro atoms. The topological polar surface area (TPSA) is 51.0 Å². The average Bonchev–Trinajstić information content (AvgIpc) is 3.28. The Bertz CT molecular complexity index is 1130. The van der Waals surface area contributed by atoms with E-state index in [0.29, 0.717) is 12.1 Å². The number of para-hydroxylation sites is 1. The van der Waals surface area contributed by atoms with Crippen molar-refractivity contribution in [3.8, 4) is 0 Å². The lowest BCUT2D eigenvalue weighted by Gasteiger charge is -2.23. The lowest BCUT2D eigenvalue weighted by atomic mass is 10.1. The zero-order chi connectivity index (χ0) is 20.5. The molecule has 6 heteroatoms. The lowest BCUT2D eigenvalue weighted by Crippen LogP contribution is -2.30. The number of rotatable bonds is 5. The summed E-state index contributed by atoms with van der Waals surface area (Å²) in [5.41, 5.74) is 4.46. The van der Waals surface area contributed by atoms with Gasteiger partial charge in [0.2, 0.25) is 0 Å². The van der Waals surface area contributed by atoms with Gasteiger partial charge in [0.15, 0.2) is 0 Å². The predicted octanol–water partition coefficient (Wildman–Crippen LogP) is 4.99. The highest BCUT2D eigenvalue weighted by Gasteiger charge is 2.26. The molecule has 2 heterocycles. The molecule has 148 valence electrons. The molecule has 0 saturated carbocycles. The SMILES string of the molecule is Cc1nn(Cc2ccccc2)c(C)c1C(=O)N(C)[C@H](C)c1nc2ccccc2s1. The van der Waals surface area contributed by atoms with Crippen LogP contribution < -0.4 is 0 Å². The molecule has 0 fully saturated rings. The number of amides is 1. The standard InChI is InChI=1S/C23H24N4OS/c1-15-21(16(2)27(25-15)14-18-10-6-5-7-11-18)23(28)26(4)17(3)22-24-19-12-8-9-13-20(19)29-22/h5-13,17H,14H2,1-4H3/t17-/m1/s1. The zero-order valence-corrected chi connectivity index (χ0v) is 17.9. The first-order valence-corrected chi connectivity index (χ1v) is 10.5. The van der Waals surface area contributed by atoms with Gasteiger partial charge in [0.25, 0.3) is 5.91 Å². The first-order valence-electron chi connectivity index (χ1n) is 9.66. The van der Waals surface area contributed by atoms with Gasteiger partial charge in [-0.1, -0.05) is 42.5 Å². The van der Waals surface area contributed by atoms with Crippen molar-refractivity contribution in [3.05, 3.63) is 82.1 Å². The van der Waals surface area contributed by atoms with E-state index in [-0.39, 0.29) is 11.9 Å². The number of carbonyl (C=O) groups excluding carboxylic acids is 1. The molecule has 0 saturated heterocycles. The van der Waals surface area contributed by atoms with E-state index in [1.807, 2.05) is 68.9 Å². The van der Waals surface area contributed by atoms with E-state index >= 15 is 0 Å². The normalized spacial score (nSPS) is 12.3. The molecule has 4 rings (SSSR count). The second-order valence-corrected chi connectivity index (χ2v) is 8.36. The zero-order valence-electron chi connectivity index (χ0n) is 17.1. The summed E-state index contributed by atoms with van der Waals surface area (Å²) < 4.78 is 3.05. The maximum atomic E-state index is 13.3. The Balaban J connectivity index is 1.60. The number of aromatic nitrogens is 3. The van der Waals surface area contributed by atoms with E-state index in [9.17, 15) is 4.79 Å².